The Kier molecular flexibility index (Phi) is 2.97. The van der Waals surface area contributed by atoms with Crippen molar-refractivity contribution in [1.29, 1.82) is 10.8 Å². The number of para-hydroxylation sites is 1. The van der Waals surface area contributed by atoms with Gasteiger partial charge in [0.1, 0.15) is 11.5 Å². The van der Waals surface area contributed by atoms with Gasteiger partial charge in [-0.3, -0.25) is 15.6 Å². The van der Waals surface area contributed by atoms with E-state index in [1.165, 1.54) is 4.90 Å². The molecule has 0 aromatic heterocycles. The summed E-state index contributed by atoms with van der Waals surface area (Å²) in [6, 6.07) is 7.24. The second-order valence-corrected chi connectivity index (χ2v) is 3.86. The molecule has 0 saturated carbocycles. The van der Waals surface area contributed by atoms with Crippen molar-refractivity contribution in [3.05, 3.63) is 35.4 Å². The molecule has 0 amide bonds. The summed E-state index contributed by atoms with van der Waals surface area (Å²) < 4.78 is 5.25. The van der Waals surface area contributed by atoms with Crippen molar-refractivity contribution in [3.8, 4) is 5.75 Å². The standard InChI is InChI=1S/C13H13N3O2/c1-16-12(9(7-17)11(14)13(16)15)8-5-3-4-6-10(8)18-2/h3-7,14-15H,1-2H3. The summed E-state index contributed by atoms with van der Waals surface area (Å²) in [5.41, 5.74) is 1.40. The van der Waals surface area contributed by atoms with Crippen LogP contribution in [0.15, 0.2) is 29.8 Å². The molecule has 1 aliphatic heterocycles. The first-order valence-corrected chi connectivity index (χ1v) is 5.36. The molecule has 5 heteroatoms. The van der Waals surface area contributed by atoms with Crippen LogP contribution in [-0.2, 0) is 4.79 Å². The molecule has 1 heterocycles. The number of nitrogens with zero attached hydrogens (tertiary/aromatic N) is 1. The Hall–Kier alpha value is -2.43. The zero-order valence-electron chi connectivity index (χ0n) is 10.2. The normalized spacial score (nSPS) is 15.3. The molecule has 1 aromatic carbocycles. The topological polar surface area (TPSA) is 77.2 Å². The van der Waals surface area contributed by atoms with Crippen LogP contribution >= 0.6 is 0 Å². The van der Waals surface area contributed by atoms with E-state index in [0.717, 1.165) is 0 Å². The predicted molar refractivity (Wildman–Crippen MR) is 69.2 cm³/mol. The molecule has 0 radical (unpaired) electrons. The number of aldehydes is 1. The summed E-state index contributed by atoms with van der Waals surface area (Å²) in [6.07, 6.45) is 0.613. The van der Waals surface area contributed by atoms with Gasteiger partial charge < -0.3 is 9.64 Å². The average Bonchev–Trinajstić information content (AvgIpc) is 2.62. The zero-order chi connectivity index (χ0) is 13.3. The van der Waals surface area contributed by atoms with Crippen molar-refractivity contribution in [2.75, 3.05) is 14.2 Å². The molecule has 0 atom stereocenters. The molecular weight excluding hydrogens is 230 g/mol. The summed E-state index contributed by atoms with van der Waals surface area (Å²) in [6.45, 7) is 0. The van der Waals surface area contributed by atoms with E-state index < -0.39 is 0 Å². The van der Waals surface area contributed by atoms with E-state index in [1.807, 2.05) is 12.1 Å². The number of benzene rings is 1. The molecule has 0 unspecified atom stereocenters. The number of rotatable bonds is 3. The number of nitrogens with one attached hydrogen (secondary N) is 2. The van der Waals surface area contributed by atoms with Gasteiger partial charge in [-0.1, -0.05) is 12.1 Å². The molecule has 0 spiro atoms. The van der Waals surface area contributed by atoms with Crippen LogP contribution in [0, 0.1) is 10.8 Å². The lowest BCUT2D eigenvalue weighted by Crippen LogP contribution is -2.23. The van der Waals surface area contributed by atoms with Gasteiger partial charge in [0.05, 0.1) is 18.4 Å². The molecule has 92 valence electrons. The van der Waals surface area contributed by atoms with Gasteiger partial charge in [0.25, 0.3) is 0 Å². The van der Waals surface area contributed by atoms with Crippen molar-refractivity contribution in [1.82, 2.24) is 4.90 Å². The lowest BCUT2D eigenvalue weighted by atomic mass is 10.1. The Bertz CT molecular complexity index is 575. The fourth-order valence-electron chi connectivity index (χ4n) is 1.99. The fraction of sp³-hybridized carbons (Fsp3) is 0.154. The minimum atomic E-state index is -0.0617. The maximum Gasteiger partial charge on any atom is 0.154 e. The van der Waals surface area contributed by atoms with Crippen molar-refractivity contribution in [2.24, 2.45) is 0 Å². The largest absolute Gasteiger partial charge is 0.496 e. The van der Waals surface area contributed by atoms with Crippen LogP contribution in [0.3, 0.4) is 0 Å². The highest BCUT2D eigenvalue weighted by molar-refractivity contribution is 6.55. The molecule has 2 rings (SSSR count). The molecule has 2 N–H and O–H groups in total. The van der Waals surface area contributed by atoms with Gasteiger partial charge in [0, 0.05) is 12.6 Å². The Morgan fingerprint density at radius 3 is 2.56 bits per heavy atom. The number of methoxy groups -OCH3 is 1. The molecule has 0 saturated heterocycles. The van der Waals surface area contributed by atoms with E-state index in [0.29, 0.717) is 23.3 Å². The highest BCUT2D eigenvalue weighted by Crippen LogP contribution is 2.33. The first kappa shape index (κ1) is 12.0. The van der Waals surface area contributed by atoms with E-state index in [-0.39, 0.29) is 17.1 Å². The molecule has 0 aliphatic carbocycles. The minimum Gasteiger partial charge on any atom is -0.496 e. The fourth-order valence-corrected chi connectivity index (χ4v) is 1.99. The average molecular weight is 243 g/mol. The molecule has 18 heavy (non-hydrogen) atoms. The zero-order valence-corrected chi connectivity index (χ0v) is 10.2. The Labute approximate surface area is 105 Å². The van der Waals surface area contributed by atoms with Crippen LogP contribution in [0.25, 0.3) is 5.70 Å². The van der Waals surface area contributed by atoms with Gasteiger partial charge in [-0.15, -0.1) is 0 Å². The monoisotopic (exact) mass is 243 g/mol. The van der Waals surface area contributed by atoms with Crippen molar-refractivity contribution < 1.29 is 9.53 Å². The van der Waals surface area contributed by atoms with Crippen molar-refractivity contribution in [2.45, 2.75) is 0 Å². The quantitative estimate of drug-likeness (QED) is 0.790. The van der Waals surface area contributed by atoms with Crippen LogP contribution in [0.5, 0.6) is 5.75 Å². The molecule has 5 nitrogen and oxygen atoms in total. The van der Waals surface area contributed by atoms with Crippen LogP contribution in [0.1, 0.15) is 5.56 Å². The van der Waals surface area contributed by atoms with Gasteiger partial charge in [-0.2, -0.15) is 0 Å². The minimum absolute atomic E-state index is 0.0120. The summed E-state index contributed by atoms with van der Waals surface area (Å²) >= 11 is 0. The number of carbonyl (C=O) groups excluding carboxylic acids is 1. The first-order chi connectivity index (χ1) is 8.61. The van der Waals surface area contributed by atoms with Gasteiger partial charge in [0.15, 0.2) is 12.1 Å². The Morgan fingerprint density at radius 1 is 1.28 bits per heavy atom. The number of amidine groups is 1. The molecular formula is C13H13N3O2. The lowest BCUT2D eigenvalue weighted by molar-refractivity contribution is -0.104. The summed E-state index contributed by atoms with van der Waals surface area (Å²) in [5.74, 6) is 0.624. The predicted octanol–water partition coefficient (Wildman–Crippen LogP) is 1.55. The third kappa shape index (κ3) is 1.60. The second kappa shape index (κ2) is 4.44. The second-order valence-electron chi connectivity index (χ2n) is 3.86. The van der Waals surface area contributed by atoms with Crippen molar-refractivity contribution in [3.63, 3.8) is 0 Å². The van der Waals surface area contributed by atoms with Crippen molar-refractivity contribution >= 4 is 23.5 Å². The number of ether oxygens (including phenoxy) is 1. The third-order valence-corrected chi connectivity index (χ3v) is 2.91. The SMILES string of the molecule is COc1ccccc1C1=C(C=O)C(=N)C(=N)N1C. The van der Waals surface area contributed by atoms with E-state index >= 15 is 0 Å². The van der Waals surface area contributed by atoms with Gasteiger partial charge >= 0.3 is 0 Å². The Balaban J connectivity index is 2.68. The number of carbonyl (C=O) groups is 1. The third-order valence-electron chi connectivity index (χ3n) is 2.91. The van der Waals surface area contributed by atoms with E-state index in [1.54, 1.807) is 26.3 Å². The maximum atomic E-state index is 11.1. The van der Waals surface area contributed by atoms with E-state index in [9.17, 15) is 4.79 Å². The highest BCUT2D eigenvalue weighted by atomic mass is 16.5. The Morgan fingerprint density at radius 2 is 1.94 bits per heavy atom. The summed E-state index contributed by atoms with van der Waals surface area (Å²) in [5, 5.41) is 15.5. The van der Waals surface area contributed by atoms with Gasteiger partial charge in [0.2, 0.25) is 0 Å². The molecule has 0 fully saturated rings. The smallest absolute Gasteiger partial charge is 0.154 e. The summed E-state index contributed by atoms with van der Waals surface area (Å²) in [4.78, 5) is 12.6. The lowest BCUT2D eigenvalue weighted by Gasteiger charge is -2.18. The van der Waals surface area contributed by atoms with E-state index in [4.69, 9.17) is 15.6 Å². The highest BCUT2D eigenvalue weighted by Gasteiger charge is 2.31. The van der Waals surface area contributed by atoms with Gasteiger partial charge in [-0.25, -0.2) is 0 Å². The molecule has 0 bridgehead atoms. The van der Waals surface area contributed by atoms with Crippen LogP contribution in [-0.4, -0.2) is 36.9 Å². The van der Waals surface area contributed by atoms with Crippen LogP contribution in [0.4, 0.5) is 0 Å². The summed E-state index contributed by atoms with van der Waals surface area (Å²) in [7, 11) is 3.21. The molecule has 1 aromatic rings. The van der Waals surface area contributed by atoms with Crippen LogP contribution < -0.4 is 4.74 Å². The van der Waals surface area contributed by atoms with Crippen LogP contribution in [0.2, 0.25) is 0 Å². The van der Waals surface area contributed by atoms with Gasteiger partial charge in [-0.05, 0) is 12.1 Å². The number of hydrogen-bond donors (Lipinski definition) is 2. The molecule has 1 aliphatic rings. The van der Waals surface area contributed by atoms with E-state index in [2.05, 4.69) is 0 Å². The number of hydrogen-bond acceptors (Lipinski definition) is 4. The maximum absolute atomic E-state index is 11.1. The first-order valence-electron chi connectivity index (χ1n) is 5.36.